The summed E-state index contributed by atoms with van der Waals surface area (Å²) in [6.45, 7) is 0. The smallest absolute Gasteiger partial charge is 0.337 e. The lowest BCUT2D eigenvalue weighted by Gasteiger charge is -1.97. The lowest BCUT2D eigenvalue weighted by atomic mass is 10.2. The van der Waals surface area contributed by atoms with Gasteiger partial charge in [-0.05, 0) is 40.2 Å². The lowest BCUT2D eigenvalue weighted by Crippen LogP contribution is -1.99. The second-order valence-corrected chi connectivity index (χ2v) is 3.58. The minimum Gasteiger partial charge on any atom is -0.465 e. The summed E-state index contributed by atoms with van der Waals surface area (Å²) in [5.74, 6) is -0.343. The summed E-state index contributed by atoms with van der Waals surface area (Å²) in [5.41, 5.74) is 1.26. The first-order valence-electron chi connectivity index (χ1n) is 3.98. The van der Waals surface area contributed by atoms with E-state index in [1.807, 2.05) is 6.07 Å². The predicted octanol–water partition coefficient (Wildman–Crippen LogP) is 2.98. The molecule has 2 aromatic rings. The normalized spacial score (nSPS) is 10.4. The van der Waals surface area contributed by atoms with E-state index in [0.717, 1.165) is 11.0 Å². The van der Waals surface area contributed by atoms with E-state index in [9.17, 15) is 4.79 Å². The van der Waals surface area contributed by atoms with Gasteiger partial charge in [-0.3, -0.25) is 0 Å². The van der Waals surface area contributed by atoms with Gasteiger partial charge in [0.1, 0.15) is 5.58 Å². The maximum absolute atomic E-state index is 11.2. The maximum Gasteiger partial charge on any atom is 0.337 e. The average molecular weight is 255 g/mol. The summed E-state index contributed by atoms with van der Waals surface area (Å²) in [7, 11) is 1.36. The van der Waals surface area contributed by atoms with Crippen LogP contribution in [-0.4, -0.2) is 13.1 Å². The van der Waals surface area contributed by atoms with E-state index in [4.69, 9.17) is 4.42 Å². The average Bonchev–Trinajstić information content (AvgIpc) is 2.55. The summed E-state index contributed by atoms with van der Waals surface area (Å²) >= 11 is 3.22. The second kappa shape index (κ2) is 3.46. The zero-order valence-corrected chi connectivity index (χ0v) is 9.00. The third-order valence-electron chi connectivity index (χ3n) is 1.91. The van der Waals surface area contributed by atoms with Crippen molar-refractivity contribution in [2.45, 2.75) is 0 Å². The highest BCUT2D eigenvalue weighted by molar-refractivity contribution is 9.10. The van der Waals surface area contributed by atoms with Crippen molar-refractivity contribution < 1.29 is 13.9 Å². The molecular formula is C10H7BrO3. The quantitative estimate of drug-likeness (QED) is 0.735. The fourth-order valence-electron chi connectivity index (χ4n) is 1.26. The Morgan fingerprint density at radius 3 is 2.93 bits per heavy atom. The molecule has 0 amide bonds. The minimum absolute atomic E-state index is 0.343. The van der Waals surface area contributed by atoms with Gasteiger partial charge >= 0.3 is 5.97 Å². The van der Waals surface area contributed by atoms with Crippen molar-refractivity contribution in [3.05, 3.63) is 34.5 Å². The number of fused-ring (bicyclic) bond motifs is 1. The highest BCUT2D eigenvalue weighted by atomic mass is 79.9. The molecule has 1 heterocycles. The molecule has 1 aromatic carbocycles. The van der Waals surface area contributed by atoms with E-state index in [2.05, 4.69) is 20.7 Å². The molecule has 0 bridgehead atoms. The first kappa shape index (κ1) is 9.27. The molecule has 4 heteroatoms. The fraction of sp³-hybridized carbons (Fsp3) is 0.100. The van der Waals surface area contributed by atoms with Gasteiger partial charge in [-0.15, -0.1) is 0 Å². The van der Waals surface area contributed by atoms with Crippen LogP contribution in [0.25, 0.3) is 11.0 Å². The first-order chi connectivity index (χ1) is 6.70. The Balaban J connectivity index is 2.55. The van der Waals surface area contributed by atoms with Crippen LogP contribution in [-0.2, 0) is 4.74 Å². The van der Waals surface area contributed by atoms with Crippen LogP contribution < -0.4 is 0 Å². The zero-order valence-electron chi connectivity index (χ0n) is 7.41. The first-order valence-corrected chi connectivity index (χ1v) is 4.77. The predicted molar refractivity (Wildman–Crippen MR) is 55.3 cm³/mol. The van der Waals surface area contributed by atoms with Gasteiger partial charge in [-0.25, -0.2) is 4.79 Å². The van der Waals surface area contributed by atoms with E-state index >= 15 is 0 Å². The molecule has 0 spiro atoms. The molecule has 0 unspecified atom stereocenters. The van der Waals surface area contributed by atoms with E-state index in [0.29, 0.717) is 10.2 Å². The van der Waals surface area contributed by atoms with Crippen LogP contribution in [0, 0.1) is 0 Å². The van der Waals surface area contributed by atoms with Crippen LogP contribution in [0.2, 0.25) is 0 Å². The summed E-state index contributed by atoms with van der Waals surface area (Å²) in [6.07, 6.45) is 0. The van der Waals surface area contributed by atoms with E-state index < -0.39 is 0 Å². The second-order valence-electron chi connectivity index (χ2n) is 2.79. The number of furan rings is 1. The van der Waals surface area contributed by atoms with Crippen LogP contribution in [0.3, 0.4) is 0 Å². The van der Waals surface area contributed by atoms with Crippen LogP contribution in [0.15, 0.2) is 33.4 Å². The van der Waals surface area contributed by atoms with E-state index in [1.165, 1.54) is 7.11 Å². The van der Waals surface area contributed by atoms with Crippen LogP contribution >= 0.6 is 15.9 Å². The molecular weight excluding hydrogens is 248 g/mol. The molecule has 0 saturated heterocycles. The molecule has 1 aromatic heterocycles. The molecule has 0 fully saturated rings. The van der Waals surface area contributed by atoms with Gasteiger partial charge in [0.25, 0.3) is 0 Å². The Bertz CT molecular complexity index is 487. The van der Waals surface area contributed by atoms with Crippen molar-refractivity contribution in [1.29, 1.82) is 0 Å². The molecule has 0 saturated carbocycles. The van der Waals surface area contributed by atoms with Crippen LogP contribution in [0.1, 0.15) is 10.4 Å². The molecule has 0 radical (unpaired) electrons. The fourth-order valence-corrected chi connectivity index (χ4v) is 1.68. The molecule has 0 atom stereocenters. The highest BCUT2D eigenvalue weighted by Crippen LogP contribution is 2.24. The van der Waals surface area contributed by atoms with Gasteiger partial charge in [-0.2, -0.15) is 0 Å². The van der Waals surface area contributed by atoms with Gasteiger partial charge in [0, 0.05) is 5.39 Å². The van der Waals surface area contributed by atoms with Gasteiger partial charge < -0.3 is 9.15 Å². The topological polar surface area (TPSA) is 39.4 Å². The van der Waals surface area contributed by atoms with E-state index in [1.54, 1.807) is 18.2 Å². The summed E-state index contributed by atoms with van der Waals surface area (Å²) in [4.78, 5) is 11.2. The third kappa shape index (κ3) is 1.53. The third-order valence-corrected chi connectivity index (χ3v) is 2.30. The number of ether oxygens (including phenoxy) is 1. The van der Waals surface area contributed by atoms with Crippen molar-refractivity contribution in [3.63, 3.8) is 0 Å². The number of hydrogen-bond donors (Lipinski definition) is 0. The molecule has 3 nitrogen and oxygen atoms in total. The lowest BCUT2D eigenvalue weighted by molar-refractivity contribution is 0.0601. The number of methoxy groups -OCH3 is 1. The monoisotopic (exact) mass is 254 g/mol. The Hall–Kier alpha value is -1.29. The largest absolute Gasteiger partial charge is 0.465 e. The van der Waals surface area contributed by atoms with Crippen LogP contribution in [0.5, 0.6) is 0 Å². The SMILES string of the molecule is COC(=O)c1ccc2oc(Br)cc2c1. The standard InChI is InChI=1S/C10H7BrO3/c1-13-10(12)6-2-3-8-7(4-6)5-9(11)14-8/h2-5H,1H3. The van der Waals surface area contributed by atoms with Gasteiger partial charge in [-0.1, -0.05) is 0 Å². The zero-order chi connectivity index (χ0) is 10.1. The van der Waals surface area contributed by atoms with Crippen LogP contribution in [0.4, 0.5) is 0 Å². The van der Waals surface area contributed by atoms with Gasteiger partial charge in [0.15, 0.2) is 4.67 Å². The number of carbonyl (C=O) groups excluding carboxylic acids is 1. The number of hydrogen-bond acceptors (Lipinski definition) is 3. The Morgan fingerprint density at radius 2 is 2.21 bits per heavy atom. The number of carbonyl (C=O) groups is 1. The van der Waals surface area contributed by atoms with Gasteiger partial charge in [0.05, 0.1) is 12.7 Å². The van der Waals surface area contributed by atoms with E-state index in [-0.39, 0.29) is 5.97 Å². The number of benzene rings is 1. The summed E-state index contributed by atoms with van der Waals surface area (Å²) < 4.78 is 10.6. The van der Waals surface area contributed by atoms with Crippen molar-refractivity contribution in [3.8, 4) is 0 Å². The van der Waals surface area contributed by atoms with Crippen molar-refractivity contribution >= 4 is 32.9 Å². The molecule has 72 valence electrons. The molecule has 14 heavy (non-hydrogen) atoms. The number of esters is 1. The molecule has 0 aliphatic rings. The van der Waals surface area contributed by atoms with Crippen molar-refractivity contribution in [2.24, 2.45) is 0 Å². The minimum atomic E-state index is -0.343. The number of rotatable bonds is 1. The highest BCUT2D eigenvalue weighted by Gasteiger charge is 2.08. The molecule has 0 N–H and O–H groups in total. The summed E-state index contributed by atoms with van der Waals surface area (Å²) in [6, 6.07) is 6.95. The number of halogens is 1. The Labute approximate surface area is 88.8 Å². The maximum atomic E-state index is 11.2. The Kier molecular flexibility index (Phi) is 2.29. The summed E-state index contributed by atoms with van der Waals surface area (Å²) in [5, 5.41) is 0.875. The van der Waals surface area contributed by atoms with Crippen molar-refractivity contribution in [1.82, 2.24) is 0 Å². The molecule has 0 aliphatic carbocycles. The van der Waals surface area contributed by atoms with Gasteiger partial charge in [0.2, 0.25) is 0 Å². The molecule has 0 aliphatic heterocycles. The van der Waals surface area contributed by atoms with Crippen molar-refractivity contribution in [2.75, 3.05) is 7.11 Å². The Morgan fingerprint density at radius 1 is 1.43 bits per heavy atom. The molecule has 2 rings (SSSR count).